The van der Waals surface area contributed by atoms with Crippen LogP contribution < -0.4 is 5.32 Å². The molecule has 3 rings (SSSR count). The van der Waals surface area contributed by atoms with Crippen LogP contribution >= 0.6 is 11.3 Å². The zero-order chi connectivity index (χ0) is 26.5. The van der Waals surface area contributed by atoms with Crippen molar-refractivity contribution >= 4 is 44.2 Å². The summed E-state index contributed by atoms with van der Waals surface area (Å²) >= 11 is 0.968. The lowest BCUT2D eigenvalue weighted by atomic mass is 10.1. The minimum atomic E-state index is -3.60. The standard InChI is InChI=1S/C24H31N3O7S2/c1-5-33-23(29)20-17(4)21(24(30)34-6-2)35-22(20)25-19(28)15-26-11-13-27(14-12-26)36(31,32)18-9-7-16(3)8-10-18/h7-10H,5-6,11-15H2,1-4H3,(H,25,28). The highest BCUT2D eigenvalue weighted by atomic mass is 32.2. The van der Waals surface area contributed by atoms with E-state index in [0.29, 0.717) is 18.7 Å². The molecular weight excluding hydrogens is 506 g/mol. The van der Waals surface area contributed by atoms with Crippen LogP contribution in [0, 0.1) is 13.8 Å². The number of carbonyl (C=O) groups excluding carboxylic acids is 3. The number of rotatable bonds is 9. The van der Waals surface area contributed by atoms with E-state index in [1.807, 2.05) is 11.8 Å². The molecule has 36 heavy (non-hydrogen) atoms. The molecule has 196 valence electrons. The molecule has 0 saturated carbocycles. The molecule has 1 fully saturated rings. The number of anilines is 1. The molecule has 0 unspecified atom stereocenters. The van der Waals surface area contributed by atoms with Gasteiger partial charge in [0.25, 0.3) is 0 Å². The normalized spacial score (nSPS) is 14.9. The number of esters is 2. The van der Waals surface area contributed by atoms with E-state index in [4.69, 9.17) is 9.47 Å². The van der Waals surface area contributed by atoms with Gasteiger partial charge in [0.2, 0.25) is 15.9 Å². The van der Waals surface area contributed by atoms with E-state index >= 15 is 0 Å². The third kappa shape index (κ3) is 6.30. The van der Waals surface area contributed by atoms with Gasteiger partial charge in [0.05, 0.1) is 30.2 Å². The van der Waals surface area contributed by atoms with E-state index in [1.165, 1.54) is 4.31 Å². The first kappa shape index (κ1) is 27.8. The Morgan fingerprint density at radius 3 is 2.11 bits per heavy atom. The number of benzene rings is 1. The minimum absolute atomic E-state index is 0.00632. The van der Waals surface area contributed by atoms with Crippen molar-refractivity contribution in [3.63, 3.8) is 0 Å². The number of hydrogen-bond acceptors (Lipinski definition) is 9. The highest BCUT2D eigenvalue weighted by molar-refractivity contribution is 7.89. The Morgan fingerprint density at radius 1 is 0.944 bits per heavy atom. The molecule has 2 heterocycles. The number of ether oxygens (including phenoxy) is 2. The van der Waals surface area contributed by atoms with Crippen LogP contribution in [0.2, 0.25) is 0 Å². The molecule has 0 atom stereocenters. The Morgan fingerprint density at radius 2 is 1.53 bits per heavy atom. The number of carbonyl (C=O) groups is 3. The molecule has 0 radical (unpaired) electrons. The molecule has 10 nitrogen and oxygen atoms in total. The second kappa shape index (κ2) is 12.0. The molecule has 1 aromatic heterocycles. The molecule has 1 aliphatic rings. The summed E-state index contributed by atoms with van der Waals surface area (Å²) in [6.07, 6.45) is 0. The Balaban J connectivity index is 1.66. The Hall–Kier alpha value is -2.80. The van der Waals surface area contributed by atoms with E-state index in [-0.39, 0.29) is 59.1 Å². The minimum Gasteiger partial charge on any atom is -0.462 e. The van der Waals surface area contributed by atoms with Gasteiger partial charge in [0.15, 0.2) is 0 Å². The van der Waals surface area contributed by atoms with Crippen LogP contribution in [0.5, 0.6) is 0 Å². The Kier molecular flexibility index (Phi) is 9.23. The first-order valence-electron chi connectivity index (χ1n) is 11.6. The van der Waals surface area contributed by atoms with Crippen molar-refractivity contribution < 1.29 is 32.3 Å². The van der Waals surface area contributed by atoms with Gasteiger partial charge < -0.3 is 14.8 Å². The van der Waals surface area contributed by atoms with Crippen LogP contribution in [0.3, 0.4) is 0 Å². The number of hydrogen-bond donors (Lipinski definition) is 1. The maximum absolute atomic E-state index is 12.9. The molecular formula is C24H31N3O7S2. The number of piperazine rings is 1. The maximum atomic E-state index is 12.9. The summed E-state index contributed by atoms with van der Waals surface area (Å²) in [5.74, 6) is -1.59. The molecule has 1 saturated heterocycles. The summed E-state index contributed by atoms with van der Waals surface area (Å²) < 4.78 is 37.4. The highest BCUT2D eigenvalue weighted by Gasteiger charge is 2.30. The third-order valence-corrected chi connectivity index (χ3v) is 8.80. The van der Waals surface area contributed by atoms with Crippen LogP contribution in [0.15, 0.2) is 29.2 Å². The number of amides is 1. The van der Waals surface area contributed by atoms with Crippen molar-refractivity contribution in [2.45, 2.75) is 32.6 Å². The molecule has 2 aromatic rings. The SMILES string of the molecule is CCOC(=O)c1sc(NC(=O)CN2CCN(S(=O)(=O)c3ccc(C)cc3)CC2)c(C(=O)OCC)c1C. The Bertz CT molecular complexity index is 1220. The summed E-state index contributed by atoms with van der Waals surface area (Å²) in [7, 11) is -3.60. The lowest BCUT2D eigenvalue weighted by molar-refractivity contribution is -0.117. The van der Waals surface area contributed by atoms with Gasteiger partial charge in [-0.05, 0) is 45.4 Å². The van der Waals surface area contributed by atoms with Crippen molar-refractivity contribution in [2.75, 3.05) is 51.3 Å². The molecule has 0 bridgehead atoms. The zero-order valence-corrected chi connectivity index (χ0v) is 22.5. The van der Waals surface area contributed by atoms with E-state index in [1.54, 1.807) is 45.0 Å². The average molecular weight is 538 g/mol. The van der Waals surface area contributed by atoms with Gasteiger partial charge in [0, 0.05) is 26.2 Å². The van der Waals surface area contributed by atoms with Crippen LogP contribution in [0.1, 0.15) is 45.0 Å². The lowest BCUT2D eigenvalue weighted by Gasteiger charge is -2.33. The van der Waals surface area contributed by atoms with Gasteiger partial charge >= 0.3 is 11.9 Å². The molecule has 1 aliphatic heterocycles. The number of nitrogens with zero attached hydrogens (tertiary/aromatic N) is 2. The van der Waals surface area contributed by atoms with E-state index in [2.05, 4.69) is 5.32 Å². The summed E-state index contributed by atoms with van der Waals surface area (Å²) in [4.78, 5) is 40.0. The highest BCUT2D eigenvalue weighted by Crippen LogP contribution is 2.34. The van der Waals surface area contributed by atoms with Gasteiger partial charge in [-0.25, -0.2) is 18.0 Å². The van der Waals surface area contributed by atoms with Crippen molar-refractivity contribution in [1.29, 1.82) is 0 Å². The number of aryl methyl sites for hydroxylation is 1. The van der Waals surface area contributed by atoms with E-state index in [9.17, 15) is 22.8 Å². The van der Waals surface area contributed by atoms with Crippen LogP contribution in [0.4, 0.5) is 5.00 Å². The fourth-order valence-electron chi connectivity index (χ4n) is 3.80. The average Bonchev–Trinajstić information content (AvgIpc) is 3.15. The quantitative estimate of drug-likeness (QED) is 0.485. The first-order valence-corrected chi connectivity index (χ1v) is 13.9. The second-order valence-corrected chi connectivity index (χ2v) is 11.2. The van der Waals surface area contributed by atoms with Gasteiger partial charge in [-0.1, -0.05) is 17.7 Å². The van der Waals surface area contributed by atoms with Gasteiger partial charge in [-0.15, -0.1) is 11.3 Å². The van der Waals surface area contributed by atoms with Crippen LogP contribution in [0.25, 0.3) is 0 Å². The monoisotopic (exact) mass is 537 g/mol. The summed E-state index contributed by atoms with van der Waals surface area (Å²) in [5.41, 5.74) is 1.50. The molecule has 0 spiro atoms. The third-order valence-electron chi connectivity index (χ3n) is 5.70. The van der Waals surface area contributed by atoms with Gasteiger partial charge in [0.1, 0.15) is 9.88 Å². The smallest absolute Gasteiger partial charge is 0.348 e. The molecule has 12 heteroatoms. The van der Waals surface area contributed by atoms with Crippen LogP contribution in [-0.2, 0) is 24.3 Å². The molecule has 1 aromatic carbocycles. The van der Waals surface area contributed by atoms with Gasteiger partial charge in [-0.2, -0.15) is 4.31 Å². The van der Waals surface area contributed by atoms with E-state index in [0.717, 1.165) is 16.9 Å². The van der Waals surface area contributed by atoms with Crippen molar-refractivity contribution in [3.05, 3.63) is 45.8 Å². The fraction of sp³-hybridized carbons (Fsp3) is 0.458. The topological polar surface area (TPSA) is 122 Å². The van der Waals surface area contributed by atoms with Crippen LogP contribution in [-0.4, -0.2) is 81.4 Å². The molecule has 1 N–H and O–H groups in total. The largest absolute Gasteiger partial charge is 0.462 e. The second-order valence-electron chi connectivity index (χ2n) is 8.24. The molecule has 1 amide bonds. The van der Waals surface area contributed by atoms with Gasteiger partial charge in [-0.3, -0.25) is 9.69 Å². The van der Waals surface area contributed by atoms with Crippen molar-refractivity contribution in [2.24, 2.45) is 0 Å². The van der Waals surface area contributed by atoms with E-state index < -0.39 is 22.0 Å². The Labute approximate surface area is 215 Å². The maximum Gasteiger partial charge on any atom is 0.348 e. The molecule has 0 aliphatic carbocycles. The summed E-state index contributed by atoms with van der Waals surface area (Å²) in [5, 5.41) is 2.95. The number of thiophene rings is 1. The number of nitrogens with one attached hydrogen (secondary N) is 1. The van der Waals surface area contributed by atoms with Crippen molar-refractivity contribution in [3.8, 4) is 0 Å². The predicted molar refractivity (Wildman–Crippen MR) is 136 cm³/mol. The summed E-state index contributed by atoms with van der Waals surface area (Å²) in [6, 6.07) is 6.72. The lowest BCUT2D eigenvalue weighted by Crippen LogP contribution is -2.50. The fourth-order valence-corrected chi connectivity index (χ4v) is 6.33. The zero-order valence-electron chi connectivity index (χ0n) is 20.8. The summed E-state index contributed by atoms with van der Waals surface area (Å²) in [6.45, 7) is 8.44. The van der Waals surface area contributed by atoms with Crippen molar-refractivity contribution in [1.82, 2.24) is 9.21 Å². The number of sulfonamides is 1. The first-order chi connectivity index (χ1) is 17.1. The predicted octanol–water partition coefficient (Wildman–Crippen LogP) is 2.66.